The van der Waals surface area contributed by atoms with Crippen molar-refractivity contribution in [3.05, 3.63) is 24.0 Å². The van der Waals surface area contributed by atoms with Crippen molar-refractivity contribution in [2.75, 3.05) is 5.73 Å². The molecule has 1 fully saturated rings. The average molecular weight is 304 g/mol. The van der Waals surface area contributed by atoms with Gasteiger partial charge in [0.25, 0.3) is 0 Å². The highest BCUT2D eigenvalue weighted by Gasteiger charge is 2.31. The second-order valence-corrected chi connectivity index (χ2v) is 7.67. The molecule has 2 N–H and O–H groups in total. The highest BCUT2D eigenvalue weighted by Crippen LogP contribution is 2.42. The summed E-state index contributed by atoms with van der Waals surface area (Å²) in [6.07, 6.45) is 7.23. The molecule has 122 valence electrons. The second-order valence-electron chi connectivity index (χ2n) is 7.67. The highest BCUT2D eigenvalue weighted by molar-refractivity contribution is 5.70. The molecule has 3 atom stereocenters. The van der Waals surface area contributed by atoms with Gasteiger partial charge in [-0.05, 0) is 69.4 Å². The summed E-state index contributed by atoms with van der Waals surface area (Å²) in [6, 6.07) is 2.02. The smallest absolute Gasteiger partial charge is 0.306 e. The first-order chi connectivity index (χ1) is 10.2. The Hall–Kier alpha value is -1.58. The van der Waals surface area contributed by atoms with Crippen LogP contribution in [0.3, 0.4) is 0 Å². The Morgan fingerprint density at radius 2 is 2.09 bits per heavy atom. The summed E-state index contributed by atoms with van der Waals surface area (Å²) in [6.45, 7) is 7.99. The number of nitrogens with two attached hydrogens (primary N) is 1. The van der Waals surface area contributed by atoms with Crippen molar-refractivity contribution < 1.29 is 9.53 Å². The molecule has 4 heteroatoms. The summed E-state index contributed by atoms with van der Waals surface area (Å²) in [5.74, 6) is 1.29. The molecule has 4 nitrogen and oxygen atoms in total. The van der Waals surface area contributed by atoms with Crippen molar-refractivity contribution >= 4 is 11.7 Å². The van der Waals surface area contributed by atoms with E-state index in [9.17, 15) is 4.79 Å². The average Bonchev–Trinajstić information content (AvgIpc) is 2.35. The van der Waals surface area contributed by atoms with E-state index >= 15 is 0 Å². The van der Waals surface area contributed by atoms with Gasteiger partial charge in [0.15, 0.2) is 0 Å². The van der Waals surface area contributed by atoms with Crippen LogP contribution < -0.4 is 5.73 Å². The maximum absolute atomic E-state index is 12.1. The number of nitrogen functional groups attached to an aromatic ring is 1. The van der Waals surface area contributed by atoms with Crippen molar-refractivity contribution in [2.45, 2.75) is 64.9 Å². The lowest BCUT2D eigenvalue weighted by Crippen LogP contribution is -2.28. The number of rotatable bonds is 3. The summed E-state index contributed by atoms with van der Waals surface area (Å²) >= 11 is 0. The molecule has 0 aromatic carbocycles. The number of anilines is 1. The van der Waals surface area contributed by atoms with Crippen LogP contribution in [-0.4, -0.2) is 16.6 Å². The monoisotopic (exact) mass is 304 g/mol. The molecule has 1 heterocycles. The van der Waals surface area contributed by atoms with Gasteiger partial charge in [0.05, 0.1) is 11.9 Å². The van der Waals surface area contributed by atoms with Crippen LogP contribution in [0.4, 0.5) is 5.69 Å². The molecule has 1 saturated carbocycles. The number of esters is 1. The quantitative estimate of drug-likeness (QED) is 0.860. The Kier molecular flexibility index (Phi) is 5.09. The number of nitrogens with zero attached hydrogens (tertiary/aromatic N) is 1. The van der Waals surface area contributed by atoms with Gasteiger partial charge in [-0.3, -0.25) is 9.78 Å². The second kappa shape index (κ2) is 6.67. The van der Waals surface area contributed by atoms with Gasteiger partial charge in [0.1, 0.15) is 5.60 Å². The predicted molar refractivity (Wildman–Crippen MR) is 88.4 cm³/mol. The van der Waals surface area contributed by atoms with Gasteiger partial charge in [-0.1, -0.05) is 6.92 Å². The van der Waals surface area contributed by atoms with E-state index in [0.717, 1.165) is 24.9 Å². The fourth-order valence-corrected chi connectivity index (χ4v) is 3.57. The Balaban J connectivity index is 2.02. The lowest BCUT2D eigenvalue weighted by atomic mass is 9.72. The van der Waals surface area contributed by atoms with Crippen LogP contribution in [0.25, 0.3) is 0 Å². The van der Waals surface area contributed by atoms with E-state index in [4.69, 9.17) is 10.5 Å². The van der Waals surface area contributed by atoms with Gasteiger partial charge in [-0.25, -0.2) is 0 Å². The zero-order chi connectivity index (χ0) is 16.3. The van der Waals surface area contributed by atoms with Crippen LogP contribution in [0.5, 0.6) is 0 Å². The van der Waals surface area contributed by atoms with Gasteiger partial charge >= 0.3 is 5.97 Å². The minimum Gasteiger partial charge on any atom is -0.460 e. The van der Waals surface area contributed by atoms with Crippen LogP contribution >= 0.6 is 0 Å². The van der Waals surface area contributed by atoms with Crippen LogP contribution in [0, 0.1) is 11.8 Å². The van der Waals surface area contributed by atoms with E-state index in [1.807, 2.05) is 26.8 Å². The maximum atomic E-state index is 12.1. The lowest BCUT2D eigenvalue weighted by Gasteiger charge is -2.34. The molecule has 0 saturated heterocycles. The molecule has 22 heavy (non-hydrogen) atoms. The van der Waals surface area contributed by atoms with Crippen LogP contribution in [0.1, 0.15) is 64.9 Å². The van der Waals surface area contributed by atoms with Gasteiger partial charge in [0.2, 0.25) is 0 Å². The number of hydrogen-bond acceptors (Lipinski definition) is 4. The molecule has 0 unspecified atom stereocenters. The molecule has 0 aliphatic heterocycles. The number of aromatic nitrogens is 1. The van der Waals surface area contributed by atoms with Gasteiger partial charge < -0.3 is 10.5 Å². The standard InChI is InChI=1S/C18H28N2O2/c1-12-7-13(10-17(21)22-18(2,3)4)9-14(8-12)15-5-6-20-11-16(15)19/h5-6,11-14H,7-10,19H2,1-4H3/t12-,13+,14-/m0/s1. The summed E-state index contributed by atoms with van der Waals surface area (Å²) in [5.41, 5.74) is 7.60. The van der Waals surface area contributed by atoms with E-state index in [-0.39, 0.29) is 5.97 Å². The number of hydrogen-bond donors (Lipinski definition) is 1. The topological polar surface area (TPSA) is 65.2 Å². The Bertz CT molecular complexity index is 522. The van der Waals surface area contributed by atoms with E-state index in [1.165, 1.54) is 5.56 Å². The minimum atomic E-state index is -0.410. The van der Waals surface area contributed by atoms with Crippen molar-refractivity contribution in [3.8, 4) is 0 Å². The highest BCUT2D eigenvalue weighted by atomic mass is 16.6. The normalized spacial score (nSPS) is 25.7. The molecule has 0 radical (unpaired) electrons. The molecule has 1 aromatic rings. The fourth-order valence-electron chi connectivity index (χ4n) is 3.57. The fraction of sp³-hybridized carbons (Fsp3) is 0.667. The molecule has 1 aliphatic rings. The Labute approximate surface area is 133 Å². The van der Waals surface area contributed by atoms with E-state index in [2.05, 4.69) is 11.9 Å². The van der Waals surface area contributed by atoms with Gasteiger partial charge in [-0.2, -0.15) is 0 Å². The molecule has 0 spiro atoms. The maximum Gasteiger partial charge on any atom is 0.306 e. The number of carbonyl (C=O) groups is 1. The SMILES string of the molecule is C[C@H]1C[C@@H](CC(=O)OC(C)(C)C)C[C@@H](c2ccncc2N)C1. The zero-order valence-corrected chi connectivity index (χ0v) is 14.1. The van der Waals surface area contributed by atoms with Crippen LogP contribution in [-0.2, 0) is 9.53 Å². The Morgan fingerprint density at radius 1 is 1.36 bits per heavy atom. The van der Waals surface area contributed by atoms with E-state index in [0.29, 0.717) is 24.2 Å². The van der Waals surface area contributed by atoms with E-state index in [1.54, 1.807) is 12.4 Å². The molecular formula is C18H28N2O2. The number of carbonyl (C=O) groups excluding carboxylic acids is 1. The van der Waals surface area contributed by atoms with Crippen LogP contribution in [0.2, 0.25) is 0 Å². The van der Waals surface area contributed by atoms with Crippen LogP contribution in [0.15, 0.2) is 18.5 Å². The summed E-state index contributed by atoms with van der Waals surface area (Å²) < 4.78 is 5.47. The lowest BCUT2D eigenvalue weighted by molar-refractivity contribution is -0.156. The minimum absolute atomic E-state index is 0.0898. The first-order valence-electron chi connectivity index (χ1n) is 8.16. The van der Waals surface area contributed by atoms with Crippen molar-refractivity contribution in [1.29, 1.82) is 0 Å². The van der Waals surface area contributed by atoms with Gasteiger partial charge in [0, 0.05) is 12.6 Å². The van der Waals surface area contributed by atoms with Crippen molar-refractivity contribution in [2.24, 2.45) is 11.8 Å². The third-order valence-corrected chi connectivity index (χ3v) is 4.24. The number of ether oxygens (including phenoxy) is 1. The third kappa shape index (κ3) is 4.72. The molecule has 0 bridgehead atoms. The molecule has 2 rings (SSSR count). The predicted octanol–water partition coefficient (Wildman–Crippen LogP) is 3.92. The molecule has 0 amide bonds. The summed E-state index contributed by atoms with van der Waals surface area (Å²) in [5, 5.41) is 0. The first-order valence-corrected chi connectivity index (χ1v) is 8.16. The summed E-state index contributed by atoms with van der Waals surface area (Å²) in [7, 11) is 0. The van der Waals surface area contributed by atoms with E-state index < -0.39 is 5.60 Å². The first kappa shape index (κ1) is 16.8. The van der Waals surface area contributed by atoms with Crippen molar-refractivity contribution in [3.63, 3.8) is 0 Å². The third-order valence-electron chi connectivity index (χ3n) is 4.24. The molecule has 1 aliphatic carbocycles. The largest absolute Gasteiger partial charge is 0.460 e. The van der Waals surface area contributed by atoms with Crippen molar-refractivity contribution in [1.82, 2.24) is 4.98 Å². The summed E-state index contributed by atoms with van der Waals surface area (Å²) in [4.78, 5) is 16.2. The number of pyridine rings is 1. The molecule has 1 aromatic heterocycles. The molecular weight excluding hydrogens is 276 g/mol. The zero-order valence-electron chi connectivity index (χ0n) is 14.1. The van der Waals surface area contributed by atoms with Gasteiger partial charge in [-0.15, -0.1) is 0 Å². The Morgan fingerprint density at radius 3 is 2.73 bits per heavy atom.